The number of allylic oxidation sites excluding steroid dienone is 1. The zero-order valence-electron chi connectivity index (χ0n) is 11.3. The van der Waals surface area contributed by atoms with Crippen LogP contribution in [0.5, 0.6) is 0 Å². The Kier molecular flexibility index (Phi) is 3.89. The summed E-state index contributed by atoms with van der Waals surface area (Å²) >= 11 is 0. The topological polar surface area (TPSA) is 18.5 Å². The highest BCUT2D eigenvalue weighted by Crippen LogP contribution is 2.38. The van der Waals surface area contributed by atoms with Gasteiger partial charge in [-0.15, -0.1) is 0 Å². The highest BCUT2D eigenvalue weighted by molar-refractivity contribution is 6.74. The molecule has 3 heteroatoms. The van der Waals surface area contributed by atoms with Crippen LogP contribution >= 0.6 is 0 Å². The van der Waals surface area contributed by atoms with Gasteiger partial charge in [0.2, 0.25) is 8.32 Å². The lowest BCUT2D eigenvalue weighted by Gasteiger charge is -2.37. The van der Waals surface area contributed by atoms with E-state index in [4.69, 9.17) is 9.16 Å². The smallest absolute Gasteiger partial charge is 0.250 e. The Hall–Kier alpha value is -0.703. The molecule has 0 bridgehead atoms. The molecular formula is C13H24O2Si. The van der Waals surface area contributed by atoms with Gasteiger partial charge in [-0.25, -0.2) is 0 Å². The van der Waals surface area contributed by atoms with E-state index in [1.807, 2.05) is 13.0 Å². The van der Waals surface area contributed by atoms with E-state index >= 15 is 0 Å². The predicted octanol–water partition coefficient (Wildman–Crippen LogP) is 4.21. The van der Waals surface area contributed by atoms with Gasteiger partial charge in [0.25, 0.3) is 0 Å². The van der Waals surface area contributed by atoms with Crippen molar-refractivity contribution in [1.82, 2.24) is 0 Å². The molecule has 1 unspecified atom stereocenters. The molecule has 0 aromatic heterocycles. The van der Waals surface area contributed by atoms with E-state index in [9.17, 15) is 0 Å². The first kappa shape index (κ1) is 13.4. The first-order valence-corrected chi connectivity index (χ1v) is 8.83. The van der Waals surface area contributed by atoms with Crippen LogP contribution in [0.25, 0.3) is 0 Å². The van der Waals surface area contributed by atoms with Crippen molar-refractivity contribution in [1.29, 1.82) is 0 Å². The predicted molar refractivity (Wildman–Crippen MR) is 70.7 cm³/mol. The van der Waals surface area contributed by atoms with E-state index in [1.165, 1.54) is 0 Å². The SMILES string of the molecule is CC1C=C(O[Si](C)(C)C(C)(C)C)CC=CO1. The van der Waals surface area contributed by atoms with Crippen LogP contribution in [0.2, 0.25) is 18.1 Å². The average Bonchev–Trinajstić information content (AvgIpc) is 2.27. The summed E-state index contributed by atoms with van der Waals surface area (Å²) in [7, 11) is -1.70. The van der Waals surface area contributed by atoms with Crippen molar-refractivity contribution in [3.8, 4) is 0 Å². The highest BCUT2D eigenvalue weighted by atomic mass is 28.4. The van der Waals surface area contributed by atoms with E-state index in [0.717, 1.165) is 12.2 Å². The van der Waals surface area contributed by atoms with E-state index < -0.39 is 8.32 Å². The van der Waals surface area contributed by atoms with Crippen molar-refractivity contribution in [3.05, 3.63) is 24.2 Å². The third kappa shape index (κ3) is 3.41. The third-order valence-corrected chi connectivity index (χ3v) is 7.71. The Balaban J connectivity index is 2.77. The normalized spacial score (nSPS) is 22.1. The fourth-order valence-electron chi connectivity index (χ4n) is 1.27. The molecule has 0 aromatic rings. The summed E-state index contributed by atoms with van der Waals surface area (Å²) in [5, 5.41) is 0.244. The molecule has 0 amide bonds. The van der Waals surface area contributed by atoms with Gasteiger partial charge in [-0.2, -0.15) is 0 Å². The number of hydrogen-bond donors (Lipinski definition) is 0. The van der Waals surface area contributed by atoms with Crippen molar-refractivity contribution in [2.75, 3.05) is 0 Å². The standard InChI is InChI=1S/C13H24O2Si/c1-11-10-12(8-7-9-14-11)15-16(5,6)13(2,3)4/h7,9-11H,8H2,1-6H3. The maximum absolute atomic E-state index is 6.26. The van der Waals surface area contributed by atoms with Crippen LogP contribution in [0.4, 0.5) is 0 Å². The number of hydrogen-bond acceptors (Lipinski definition) is 2. The minimum absolute atomic E-state index is 0.110. The lowest BCUT2D eigenvalue weighted by Crippen LogP contribution is -2.40. The van der Waals surface area contributed by atoms with E-state index in [-0.39, 0.29) is 11.1 Å². The Morgan fingerprint density at radius 2 is 2.00 bits per heavy atom. The van der Waals surface area contributed by atoms with Gasteiger partial charge in [0.1, 0.15) is 6.10 Å². The third-order valence-electron chi connectivity index (χ3n) is 3.32. The van der Waals surface area contributed by atoms with Gasteiger partial charge in [-0.1, -0.05) is 20.8 Å². The summed E-state index contributed by atoms with van der Waals surface area (Å²) in [6.45, 7) is 13.3. The average molecular weight is 240 g/mol. The quantitative estimate of drug-likeness (QED) is 0.673. The fourth-order valence-corrected chi connectivity index (χ4v) is 2.38. The highest BCUT2D eigenvalue weighted by Gasteiger charge is 2.39. The van der Waals surface area contributed by atoms with E-state index in [0.29, 0.717) is 0 Å². The lowest BCUT2D eigenvalue weighted by atomic mass is 10.2. The molecule has 1 rings (SSSR count). The van der Waals surface area contributed by atoms with Crippen molar-refractivity contribution in [2.45, 2.75) is 58.4 Å². The molecule has 16 heavy (non-hydrogen) atoms. The van der Waals surface area contributed by atoms with Crippen LogP contribution in [-0.2, 0) is 9.16 Å². The second-order valence-corrected chi connectivity index (χ2v) is 10.6. The second kappa shape index (κ2) is 4.66. The molecule has 0 aliphatic carbocycles. The fraction of sp³-hybridized carbons (Fsp3) is 0.692. The van der Waals surface area contributed by atoms with Crippen molar-refractivity contribution >= 4 is 8.32 Å². The van der Waals surface area contributed by atoms with Gasteiger partial charge in [-0.3, -0.25) is 0 Å². The molecule has 1 aliphatic heterocycles. The van der Waals surface area contributed by atoms with Crippen molar-refractivity contribution in [2.24, 2.45) is 0 Å². The van der Waals surface area contributed by atoms with Crippen LogP contribution in [0.15, 0.2) is 24.2 Å². The first-order valence-electron chi connectivity index (χ1n) is 5.92. The van der Waals surface area contributed by atoms with Gasteiger partial charge in [0.05, 0.1) is 12.0 Å². The second-order valence-electron chi connectivity index (χ2n) is 5.91. The van der Waals surface area contributed by atoms with Crippen molar-refractivity contribution in [3.63, 3.8) is 0 Å². The van der Waals surface area contributed by atoms with E-state index in [1.54, 1.807) is 6.26 Å². The molecule has 0 fully saturated rings. The van der Waals surface area contributed by atoms with Crippen molar-refractivity contribution < 1.29 is 9.16 Å². The van der Waals surface area contributed by atoms with Gasteiger partial charge < -0.3 is 9.16 Å². The largest absolute Gasteiger partial charge is 0.546 e. The Morgan fingerprint density at radius 3 is 2.56 bits per heavy atom. The van der Waals surface area contributed by atoms with Gasteiger partial charge in [-0.05, 0) is 37.2 Å². The van der Waals surface area contributed by atoms with Gasteiger partial charge >= 0.3 is 0 Å². The van der Waals surface area contributed by atoms with Crippen LogP contribution in [0, 0.1) is 0 Å². The first-order chi connectivity index (χ1) is 7.22. The summed E-state index contributed by atoms with van der Waals surface area (Å²) in [5.41, 5.74) is 0. The molecule has 1 heterocycles. The molecule has 0 saturated carbocycles. The minimum Gasteiger partial charge on any atom is -0.546 e. The van der Waals surface area contributed by atoms with Gasteiger partial charge in [0, 0.05) is 6.42 Å². The molecule has 2 nitrogen and oxygen atoms in total. The molecule has 1 atom stereocenters. The summed E-state index contributed by atoms with van der Waals surface area (Å²) in [4.78, 5) is 0. The van der Waals surface area contributed by atoms with Gasteiger partial charge in [0.15, 0.2) is 0 Å². The van der Waals surface area contributed by atoms with Crippen LogP contribution in [0.3, 0.4) is 0 Å². The Labute approximate surface area is 100 Å². The maximum atomic E-state index is 6.26. The number of ether oxygens (including phenoxy) is 1. The number of rotatable bonds is 2. The molecule has 0 aromatic carbocycles. The molecule has 0 N–H and O–H groups in total. The molecule has 0 spiro atoms. The molecule has 0 radical (unpaired) electrons. The Bertz CT molecular complexity index is 298. The summed E-state index contributed by atoms with van der Waals surface area (Å²) < 4.78 is 11.7. The zero-order chi connectivity index (χ0) is 12.4. The van der Waals surface area contributed by atoms with E-state index in [2.05, 4.69) is 39.9 Å². The van der Waals surface area contributed by atoms with Crippen LogP contribution in [-0.4, -0.2) is 14.4 Å². The van der Waals surface area contributed by atoms with Crippen LogP contribution < -0.4 is 0 Å². The molecule has 1 aliphatic rings. The minimum atomic E-state index is -1.70. The lowest BCUT2D eigenvalue weighted by molar-refractivity contribution is 0.202. The van der Waals surface area contributed by atoms with Crippen LogP contribution in [0.1, 0.15) is 34.1 Å². The zero-order valence-corrected chi connectivity index (χ0v) is 12.3. The maximum Gasteiger partial charge on any atom is 0.250 e. The molecule has 0 saturated heterocycles. The Morgan fingerprint density at radius 1 is 1.38 bits per heavy atom. The molecular weight excluding hydrogens is 216 g/mol. The summed E-state index contributed by atoms with van der Waals surface area (Å²) in [5.74, 6) is 1.06. The summed E-state index contributed by atoms with van der Waals surface area (Å²) in [6, 6.07) is 0. The summed E-state index contributed by atoms with van der Waals surface area (Å²) in [6.07, 6.45) is 6.82. The molecule has 92 valence electrons. The monoisotopic (exact) mass is 240 g/mol.